The van der Waals surface area contributed by atoms with E-state index in [-0.39, 0.29) is 0 Å². The molecule has 0 radical (unpaired) electrons. The zero-order valence-electron chi connectivity index (χ0n) is 6.97. The summed E-state index contributed by atoms with van der Waals surface area (Å²) in [5.41, 5.74) is 6.95. The second-order valence-corrected chi connectivity index (χ2v) is 2.38. The van der Waals surface area contributed by atoms with Crippen LogP contribution in [0.3, 0.4) is 0 Å². The molecule has 1 unspecified atom stereocenters. The first-order valence-corrected chi connectivity index (χ1v) is 3.49. The summed E-state index contributed by atoms with van der Waals surface area (Å²) in [5, 5.41) is 0. The van der Waals surface area contributed by atoms with E-state index in [1.54, 1.807) is 12.2 Å². The third kappa shape index (κ3) is 4.37. The fraction of sp³-hybridized carbons (Fsp3) is 0.333. The fourth-order valence-electron chi connectivity index (χ4n) is 0.486. The van der Waals surface area contributed by atoms with Gasteiger partial charge in [0.15, 0.2) is 0 Å². The molecule has 0 aliphatic heterocycles. The van der Waals surface area contributed by atoms with Crippen LogP contribution < -0.4 is 5.73 Å². The summed E-state index contributed by atoms with van der Waals surface area (Å²) in [7, 11) is 0. The number of hydrogen-bond acceptors (Lipinski definition) is 1. The molecule has 0 aromatic heterocycles. The summed E-state index contributed by atoms with van der Waals surface area (Å²) in [4.78, 5) is 0. The second-order valence-electron chi connectivity index (χ2n) is 2.38. The first-order chi connectivity index (χ1) is 5.07. The van der Waals surface area contributed by atoms with Crippen LogP contribution in [0.4, 0.5) is 4.39 Å². The predicted octanol–water partition coefficient (Wildman–Crippen LogP) is 2.32. The number of rotatable bonds is 3. The van der Waals surface area contributed by atoms with Crippen LogP contribution in [0.25, 0.3) is 0 Å². The SMILES string of the molecule is C=C/C(C)=C(N)\C=C/C(C)F. The van der Waals surface area contributed by atoms with Crippen molar-refractivity contribution in [3.8, 4) is 0 Å². The average molecular weight is 155 g/mol. The van der Waals surface area contributed by atoms with Crippen LogP contribution >= 0.6 is 0 Å². The Bertz CT molecular complexity index is 190. The molecule has 0 saturated carbocycles. The highest BCUT2D eigenvalue weighted by atomic mass is 19.1. The van der Waals surface area contributed by atoms with E-state index in [2.05, 4.69) is 6.58 Å². The van der Waals surface area contributed by atoms with Crippen LogP contribution in [0.5, 0.6) is 0 Å². The Kier molecular flexibility index (Phi) is 4.27. The molecule has 0 fully saturated rings. The summed E-state index contributed by atoms with van der Waals surface area (Å²) in [6.07, 6.45) is 3.65. The van der Waals surface area contributed by atoms with Gasteiger partial charge in [-0.15, -0.1) is 0 Å². The maximum atomic E-state index is 12.2. The van der Waals surface area contributed by atoms with E-state index >= 15 is 0 Å². The number of alkyl halides is 1. The van der Waals surface area contributed by atoms with Gasteiger partial charge in [-0.2, -0.15) is 0 Å². The van der Waals surface area contributed by atoms with Crippen molar-refractivity contribution in [3.63, 3.8) is 0 Å². The number of allylic oxidation sites excluding steroid dienone is 4. The van der Waals surface area contributed by atoms with Crippen LogP contribution in [-0.4, -0.2) is 6.17 Å². The minimum absolute atomic E-state index is 0.560. The van der Waals surface area contributed by atoms with E-state index in [0.29, 0.717) is 5.70 Å². The van der Waals surface area contributed by atoms with E-state index in [4.69, 9.17) is 5.73 Å². The second kappa shape index (κ2) is 4.72. The lowest BCUT2D eigenvalue weighted by Crippen LogP contribution is -1.97. The van der Waals surface area contributed by atoms with E-state index in [1.165, 1.54) is 13.0 Å². The molecule has 2 heteroatoms. The van der Waals surface area contributed by atoms with Crippen molar-refractivity contribution in [2.45, 2.75) is 20.0 Å². The van der Waals surface area contributed by atoms with Gasteiger partial charge < -0.3 is 5.73 Å². The Labute approximate surface area is 67.1 Å². The quantitative estimate of drug-likeness (QED) is 0.622. The van der Waals surface area contributed by atoms with Crippen LogP contribution in [0, 0.1) is 0 Å². The molecular formula is C9H14FN. The van der Waals surface area contributed by atoms with Crippen molar-refractivity contribution >= 4 is 0 Å². The topological polar surface area (TPSA) is 26.0 Å². The molecule has 1 atom stereocenters. The molecule has 0 aliphatic carbocycles. The normalized spacial score (nSPS) is 16.3. The Hall–Kier alpha value is -1.05. The molecule has 11 heavy (non-hydrogen) atoms. The van der Waals surface area contributed by atoms with Crippen LogP contribution in [0.1, 0.15) is 13.8 Å². The Morgan fingerprint density at radius 1 is 1.64 bits per heavy atom. The van der Waals surface area contributed by atoms with Gasteiger partial charge in [0.1, 0.15) is 6.17 Å². The maximum Gasteiger partial charge on any atom is 0.116 e. The van der Waals surface area contributed by atoms with Crippen LogP contribution in [-0.2, 0) is 0 Å². The van der Waals surface area contributed by atoms with Gasteiger partial charge in [-0.3, -0.25) is 0 Å². The smallest absolute Gasteiger partial charge is 0.116 e. The maximum absolute atomic E-state index is 12.2. The third-order valence-corrected chi connectivity index (χ3v) is 1.30. The zero-order chi connectivity index (χ0) is 8.85. The molecule has 0 aliphatic rings. The van der Waals surface area contributed by atoms with Gasteiger partial charge in [0.05, 0.1) is 0 Å². The molecule has 2 N–H and O–H groups in total. The molecule has 0 spiro atoms. The van der Waals surface area contributed by atoms with Gasteiger partial charge in [0.25, 0.3) is 0 Å². The molecule has 0 heterocycles. The van der Waals surface area contributed by atoms with Crippen LogP contribution in [0.2, 0.25) is 0 Å². The summed E-state index contributed by atoms with van der Waals surface area (Å²) < 4.78 is 12.2. The minimum Gasteiger partial charge on any atom is -0.399 e. The van der Waals surface area contributed by atoms with Crippen molar-refractivity contribution in [2.24, 2.45) is 5.73 Å². The van der Waals surface area contributed by atoms with Crippen molar-refractivity contribution in [1.82, 2.24) is 0 Å². The van der Waals surface area contributed by atoms with E-state index in [0.717, 1.165) is 5.57 Å². The predicted molar refractivity (Wildman–Crippen MR) is 46.8 cm³/mol. The van der Waals surface area contributed by atoms with Gasteiger partial charge in [-0.1, -0.05) is 12.7 Å². The molecular weight excluding hydrogens is 141 g/mol. The lowest BCUT2D eigenvalue weighted by atomic mass is 10.2. The van der Waals surface area contributed by atoms with Crippen LogP contribution in [0.15, 0.2) is 36.1 Å². The highest BCUT2D eigenvalue weighted by Gasteiger charge is 1.90. The van der Waals surface area contributed by atoms with E-state index in [1.807, 2.05) is 6.92 Å². The van der Waals surface area contributed by atoms with Crippen molar-refractivity contribution in [3.05, 3.63) is 36.1 Å². The van der Waals surface area contributed by atoms with Crippen molar-refractivity contribution in [2.75, 3.05) is 0 Å². The lowest BCUT2D eigenvalue weighted by molar-refractivity contribution is 0.430. The van der Waals surface area contributed by atoms with Gasteiger partial charge in [0, 0.05) is 5.70 Å². The van der Waals surface area contributed by atoms with Crippen molar-refractivity contribution in [1.29, 1.82) is 0 Å². The van der Waals surface area contributed by atoms with Gasteiger partial charge in [-0.05, 0) is 31.6 Å². The summed E-state index contributed by atoms with van der Waals surface area (Å²) in [6.45, 7) is 6.82. The summed E-state index contributed by atoms with van der Waals surface area (Å²) in [5.74, 6) is 0. The monoisotopic (exact) mass is 155 g/mol. The molecule has 0 saturated heterocycles. The highest BCUT2D eigenvalue weighted by molar-refractivity contribution is 5.28. The third-order valence-electron chi connectivity index (χ3n) is 1.30. The zero-order valence-corrected chi connectivity index (χ0v) is 6.97. The number of hydrogen-bond donors (Lipinski definition) is 1. The van der Waals surface area contributed by atoms with Gasteiger partial charge in [-0.25, -0.2) is 4.39 Å². The molecule has 1 nitrogen and oxygen atoms in total. The Morgan fingerprint density at radius 3 is 2.55 bits per heavy atom. The summed E-state index contributed by atoms with van der Waals surface area (Å²) in [6, 6.07) is 0. The first kappa shape index (κ1) is 9.95. The molecule has 0 amide bonds. The lowest BCUT2D eigenvalue weighted by Gasteiger charge is -1.96. The largest absolute Gasteiger partial charge is 0.399 e. The minimum atomic E-state index is -0.953. The first-order valence-electron chi connectivity index (χ1n) is 3.49. The van der Waals surface area contributed by atoms with Gasteiger partial charge >= 0.3 is 0 Å². The van der Waals surface area contributed by atoms with E-state index in [9.17, 15) is 4.39 Å². The van der Waals surface area contributed by atoms with Gasteiger partial charge in [0.2, 0.25) is 0 Å². The highest BCUT2D eigenvalue weighted by Crippen LogP contribution is 2.01. The standard InChI is InChI=1S/C9H14FN/c1-4-7(2)9(11)6-5-8(3)10/h4-6,8H,1,11H2,2-3H3/b6-5-,9-7+. The molecule has 0 rings (SSSR count). The number of halogens is 1. The average Bonchev–Trinajstić information content (AvgIpc) is 1.98. The van der Waals surface area contributed by atoms with Crippen molar-refractivity contribution < 1.29 is 4.39 Å². The molecule has 0 aromatic carbocycles. The Morgan fingerprint density at radius 2 is 2.18 bits per heavy atom. The van der Waals surface area contributed by atoms with E-state index < -0.39 is 6.17 Å². The molecule has 62 valence electrons. The molecule has 0 bridgehead atoms. The molecule has 0 aromatic rings. The fourth-order valence-corrected chi connectivity index (χ4v) is 0.486. The summed E-state index contributed by atoms with van der Waals surface area (Å²) >= 11 is 0. The number of nitrogens with two attached hydrogens (primary N) is 1. The Balaban J connectivity index is 4.26.